The minimum atomic E-state index is -0.429. The zero-order chi connectivity index (χ0) is 15.5. The van der Waals surface area contributed by atoms with Crippen LogP contribution in [-0.2, 0) is 6.54 Å². The van der Waals surface area contributed by atoms with Gasteiger partial charge >= 0.3 is 0 Å². The van der Waals surface area contributed by atoms with Crippen molar-refractivity contribution in [1.29, 1.82) is 5.26 Å². The first kappa shape index (κ1) is 14.2. The summed E-state index contributed by atoms with van der Waals surface area (Å²) < 4.78 is 15.5. The highest BCUT2D eigenvalue weighted by Crippen LogP contribution is 2.26. The Morgan fingerprint density at radius 2 is 1.86 bits per heavy atom. The minimum Gasteiger partial charge on any atom is -0.239 e. The van der Waals surface area contributed by atoms with E-state index in [0.717, 1.165) is 5.56 Å². The van der Waals surface area contributed by atoms with E-state index in [0.29, 0.717) is 17.3 Å². The zero-order valence-corrected chi connectivity index (χ0v) is 12.1. The van der Waals surface area contributed by atoms with Crippen LogP contribution in [-0.4, -0.2) is 15.0 Å². The van der Waals surface area contributed by atoms with E-state index in [1.807, 2.05) is 24.3 Å². The highest BCUT2D eigenvalue weighted by molar-refractivity contribution is 6.31. The smallest absolute Gasteiger partial charge is 0.190 e. The molecule has 0 atom stereocenters. The molecule has 0 aliphatic heterocycles. The fourth-order valence-electron chi connectivity index (χ4n) is 2.21. The lowest BCUT2D eigenvalue weighted by Gasteiger charge is -2.09. The molecule has 108 valence electrons. The van der Waals surface area contributed by atoms with Crippen LogP contribution in [0.4, 0.5) is 4.39 Å². The Balaban J connectivity index is 2.11. The van der Waals surface area contributed by atoms with Crippen LogP contribution in [0.1, 0.15) is 11.3 Å². The summed E-state index contributed by atoms with van der Waals surface area (Å²) in [5.41, 5.74) is 1.53. The molecule has 0 aliphatic carbocycles. The van der Waals surface area contributed by atoms with Crippen molar-refractivity contribution in [2.75, 3.05) is 0 Å². The molecule has 0 saturated carbocycles. The first-order valence-electron chi connectivity index (χ1n) is 6.52. The number of hydrogen-bond acceptors (Lipinski definition) is 3. The van der Waals surface area contributed by atoms with Crippen molar-refractivity contribution in [2.45, 2.75) is 6.54 Å². The summed E-state index contributed by atoms with van der Waals surface area (Å²) in [6.45, 7) is 0.304. The number of benzene rings is 2. The predicted molar refractivity (Wildman–Crippen MR) is 80.7 cm³/mol. The van der Waals surface area contributed by atoms with Crippen molar-refractivity contribution in [3.8, 4) is 17.3 Å². The molecule has 6 heteroatoms. The van der Waals surface area contributed by atoms with Gasteiger partial charge in [-0.2, -0.15) is 5.26 Å². The van der Waals surface area contributed by atoms with Gasteiger partial charge in [-0.15, -0.1) is 5.10 Å². The Bertz CT molecular complexity index is 867. The maximum atomic E-state index is 14.1. The molecular weight excluding hydrogens is 303 g/mol. The molecule has 1 aromatic heterocycles. The van der Waals surface area contributed by atoms with Crippen LogP contribution in [0.5, 0.6) is 0 Å². The van der Waals surface area contributed by atoms with Crippen LogP contribution in [0.15, 0.2) is 48.5 Å². The van der Waals surface area contributed by atoms with Gasteiger partial charge in [0.25, 0.3) is 0 Å². The fourth-order valence-corrected chi connectivity index (χ4v) is 2.40. The molecule has 0 amide bonds. The zero-order valence-electron chi connectivity index (χ0n) is 11.4. The van der Waals surface area contributed by atoms with Crippen molar-refractivity contribution in [3.05, 3.63) is 70.6 Å². The van der Waals surface area contributed by atoms with Gasteiger partial charge in [-0.25, -0.2) is 9.07 Å². The fraction of sp³-hybridized carbons (Fsp3) is 0.0625. The van der Waals surface area contributed by atoms with Gasteiger partial charge in [-0.05, 0) is 23.8 Å². The highest BCUT2D eigenvalue weighted by atomic mass is 35.5. The van der Waals surface area contributed by atoms with Crippen LogP contribution in [0, 0.1) is 17.1 Å². The minimum absolute atomic E-state index is 0.0807. The van der Waals surface area contributed by atoms with Gasteiger partial charge in [0, 0.05) is 10.6 Å². The lowest BCUT2D eigenvalue weighted by Crippen LogP contribution is -2.05. The molecule has 0 spiro atoms. The van der Waals surface area contributed by atoms with Crippen LogP contribution in [0.2, 0.25) is 5.02 Å². The van der Waals surface area contributed by atoms with E-state index in [9.17, 15) is 9.65 Å². The summed E-state index contributed by atoms with van der Waals surface area (Å²) in [5.74, 6) is -0.429. The van der Waals surface area contributed by atoms with Gasteiger partial charge in [-0.1, -0.05) is 47.1 Å². The average Bonchev–Trinajstić information content (AvgIpc) is 2.93. The van der Waals surface area contributed by atoms with Gasteiger partial charge < -0.3 is 0 Å². The van der Waals surface area contributed by atoms with E-state index in [1.54, 1.807) is 24.3 Å². The van der Waals surface area contributed by atoms with Gasteiger partial charge in [0.15, 0.2) is 5.69 Å². The van der Waals surface area contributed by atoms with Crippen molar-refractivity contribution >= 4 is 11.6 Å². The van der Waals surface area contributed by atoms with Gasteiger partial charge in [0.1, 0.15) is 17.6 Å². The molecule has 0 fully saturated rings. The maximum Gasteiger partial charge on any atom is 0.190 e. The third-order valence-corrected chi connectivity index (χ3v) is 3.62. The van der Waals surface area contributed by atoms with Gasteiger partial charge in [0.2, 0.25) is 0 Å². The summed E-state index contributed by atoms with van der Waals surface area (Å²) in [6, 6.07) is 15.5. The molecule has 3 rings (SSSR count). The van der Waals surface area contributed by atoms with E-state index in [2.05, 4.69) is 10.3 Å². The summed E-state index contributed by atoms with van der Waals surface area (Å²) in [7, 11) is 0. The largest absolute Gasteiger partial charge is 0.239 e. The van der Waals surface area contributed by atoms with Crippen molar-refractivity contribution in [3.63, 3.8) is 0 Å². The Kier molecular flexibility index (Phi) is 3.86. The standard InChI is InChI=1S/C16H10ClFN4/c17-13-7-3-1-5-11(13)10-22-16(15(9-19)20-21-22)12-6-2-4-8-14(12)18/h1-8H,10H2. The average molecular weight is 313 g/mol. The second-order valence-corrected chi connectivity index (χ2v) is 5.03. The quantitative estimate of drug-likeness (QED) is 0.741. The molecule has 0 radical (unpaired) electrons. The SMILES string of the molecule is N#Cc1nnn(Cc2ccccc2Cl)c1-c1ccccc1F. The number of hydrogen-bond donors (Lipinski definition) is 0. The molecule has 0 N–H and O–H groups in total. The lowest BCUT2D eigenvalue weighted by atomic mass is 10.1. The molecule has 0 saturated heterocycles. The van der Waals surface area contributed by atoms with E-state index >= 15 is 0 Å². The molecule has 3 aromatic rings. The Morgan fingerprint density at radius 3 is 2.59 bits per heavy atom. The molecule has 1 heterocycles. The topological polar surface area (TPSA) is 54.5 Å². The third-order valence-electron chi connectivity index (χ3n) is 3.25. The molecule has 4 nitrogen and oxygen atoms in total. The summed E-state index contributed by atoms with van der Waals surface area (Å²) >= 11 is 6.14. The first-order chi connectivity index (χ1) is 10.7. The third kappa shape index (κ3) is 2.57. The van der Waals surface area contributed by atoms with Crippen LogP contribution in [0.25, 0.3) is 11.3 Å². The Labute approximate surface area is 131 Å². The van der Waals surface area contributed by atoms with E-state index in [4.69, 9.17) is 11.6 Å². The van der Waals surface area contributed by atoms with Crippen molar-refractivity contribution in [2.24, 2.45) is 0 Å². The number of rotatable bonds is 3. The highest BCUT2D eigenvalue weighted by Gasteiger charge is 2.18. The van der Waals surface area contributed by atoms with Crippen molar-refractivity contribution < 1.29 is 4.39 Å². The van der Waals surface area contributed by atoms with E-state index < -0.39 is 5.82 Å². The van der Waals surface area contributed by atoms with Gasteiger partial charge in [0.05, 0.1) is 6.54 Å². The van der Waals surface area contributed by atoms with E-state index in [-0.39, 0.29) is 11.3 Å². The van der Waals surface area contributed by atoms with Crippen LogP contribution < -0.4 is 0 Å². The lowest BCUT2D eigenvalue weighted by molar-refractivity contribution is 0.621. The summed E-state index contributed by atoms with van der Waals surface area (Å²) in [5, 5.41) is 17.5. The number of aromatic nitrogens is 3. The molecule has 22 heavy (non-hydrogen) atoms. The molecule has 2 aromatic carbocycles. The van der Waals surface area contributed by atoms with Crippen LogP contribution >= 0.6 is 11.6 Å². The molecule has 0 unspecified atom stereocenters. The molecular formula is C16H10ClFN4. The Hall–Kier alpha value is -2.71. The van der Waals surface area contributed by atoms with Crippen LogP contribution in [0.3, 0.4) is 0 Å². The second kappa shape index (κ2) is 5.96. The molecule has 0 bridgehead atoms. The number of nitriles is 1. The summed E-state index contributed by atoms with van der Waals surface area (Å²) in [6.07, 6.45) is 0. The normalized spacial score (nSPS) is 10.4. The predicted octanol–water partition coefficient (Wildman–Crippen LogP) is 3.66. The number of nitrogens with zero attached hydrogens (tertiary/aromatic N) is 4. The summed E-state index contributed by atoms with van der Waals surface area (Å²) in [4.78, 5) is 0. The van der Waals surface area contributed by atoms with Gasteiger partial charge in [-0.3, -0.25) is 0 Å². The first-order valence-corrected chi connectivity index (χ1v) is 6.90. The monoisotopic (exact) mass is 312 g/mol. The van der Waals surface area contributed by atoms with Crippen molar-refractivity contribution in [1.82, 2.24) is 15.0 Å². The maximum absolute atomic E-state index is 14.1. The molecule has 0 aliphatic rings. The number of halogens is 2. The second-order valence-electron chi connectivity index (χ2n) is 4.63. The Morgan fingerprint density at radius 1 is 1.14 bits per heavy atom. The van der Waals surface area contributed by atoms with E-state index in [1.165, 1.54) is 10.7 Å².